The highest BCUT2D eigenvalue weighted by molar-refractivity contribution is 6.13. The van der Waals surface area contributed by atoms with Gasteiger partial charge in [0.25, 0.3) is 0 Å². The molecule has 21 nitrogen and oxygen atoms in total. The number of phenolic OH excluding ortho intramolecular Hbond substituents is 2. The van der Waals surface area contributed by atoms with Crippen molar-refractivity contribution in [3.05, 3.63) is 83.2 Å². The van der Waals surface area contributed by atoms with Crippen molar-refractivity contribution in [3.8, 4) is 23.0 Å². The van der Waals surface area contributed by atoms with Crippen LogP contribution in [0.1, 0.15) is 167 Å². The molecule has 3 saturated carbocycles. The molecule has 0 unspecified atom stereocenters. The number of aryl methyl sites for hydroxylation is 1. The van der Waals surface area contributed by atoms with Crippen LogP contribution in [0.15, 0.2) is 66.4 Å². The van der Waals surface area contributed by atoms with Gasteiger partial charge < -0.3 is 65.9 Å². The Hall–Kier alpha value is -6.49. The number of methoxy groups -OCH3 is 2. The van der Waals surface area contributed by atoms with Crippen LogP contribution >= 0.6 is 0 Å². The van der Waals surface area contributed by atoms with Crippen molar-refractivity contribution in [1.82, 2.24) is 61.2 Å². The minimum Gasteiger partial charge on any atom is -0.504 e. The number of rotatable bonds is 41. The van der Waals surface area contributed by atoms with Gasteiger partial charge in [-0.3, -0.25) is 28.7 Å². The zero-order valence-electron chi connectivity index (χ0n) is 62.3. The van der Waals surface area contributed by atoms with E-state index < -0.39 is 17.5 Å². The van der Waals surface area contributed by atoms with Gasteiger partial charge in [0.1, 0.15) is 0 Å². The number of hydrogen-bond donors (Lipinski definition) is 7. The molecule has 2 saturated heterocycles. The molecule has 0 radical (unpaired) electrons. The van der Waals surface area contributed by atoms with E-state index in [1.165, 1.54) is 120 Å². The van der Waals surface area contributed by atoms with Gasteiger partial charge in [0.2, 0.25) is 17.7 Å². The molecule has 101 heavy (non-hydrogen) atoms. The van der Waals surface area contributed by atoms with Crippen molar-refractivity contribution in [1.29, 1.82) is 0 Å². The Bertz CT molecular complexity index is 3150. The number of benzene rings is 2. The van der Waals surface area contributed by atoms with E-state index in [1.54, 1.807) is 48.2 Å². The molecule has 9 rings (SSSR count). The topological polar surface area (TPSA) is 248 Å². The summed E-state index contributed by atoms with van der Waals surface area (Å²) in [6.45, 7) is 29.8. The van der Waals surface area contributed by atoms with Crippen LogP contribution < -0.4 is 36.1 Å². The predicted molar refractivity (Wildman–Crippen MR) is 399 cm³/mol. The van der Waals surface area contributed by atoms with E-state index in [1.807, 2.05) is 0 Å². The third-order valence-corrected chi connectivity index (χ3v) is 23.8. The van der Waals surface area contributed by atoms with E-state index in [0.717, 1.165) is 153 Å². The van der Waals surface area contributed by atoms with Crippen LogP contribution in [0.4, 0.5) is 0 Å². The largest absolute Gasteiger partial charge is 0.504 e. The molecule has 7 N–H and O–H groups in total. The van der Waals surface area contributed by atoms with Gasteiger partial charge in [0, 0.05) is 123 Å². The minimum atomic E-state index is -1.14. The molecule has 558 valence electrons. The van der Waals surface area contributed by atoms with Gasteiger partial charge in [-0.15, -0.1) is 5.10 Å². The second-order valence-electron chi connectivity index (χ2n) is 31.1. The van der Waals surface area contributed by atoms with Gasteiger partial charge >= 0.3 is 0 Å². The first-order chi connectivity index (χ1) is 48.8. The standard InChI is InChI=1S/C80H124N12O9/c1-58(2)13-8-14-59(3)67-21-22-68-65-20-19-62-55-63(29-32-79(62,4)69(65)30-33-80(67,68)5)82-39-38-81-34-9-40-88-45-47-89(48-46-88)41-10-35-83-76(97)27-28-77(98)84-36-11-42-90-49-51-91(52-50-90)43-12-37-85-78(99)31-44-92-57-64(86-87-92)56-66(70(93)23-15-60-17-25-72(95)74(53-60)100-6)71(94)24-16-61-18-26-73(96)75(54-61)101-7/h15-19,23-26,53-54,57-59,63,65-69,81-82,95-96H,8-14,20-22,27-52,55-56H2,1-7H3,(H,83,97)(H,84,98)(H,85,99)/b23-15+,24-16+/t59-,63+,65+,67-,68+,69+,79+,80-/m1/s1. The van der Waals surface area contributed by atoms with Crippen molar-refractivity contribution in [2.75, 3.05) is 132 Å². The third kappa shape index (κ3) is 23.3. The number of ketones is 2. The summed E-state index contributed by atoms with van der Waals surface area (Å²) in [5.41, 5.74) is 4.34. The van der Waals surface area contributed by atoms with Crippen LogP contribution in [0.3, 0.4) is 0 Å². The Labute approximate surface area is 603 Å². The molecule has 1 aromatic heterocycles. The first-order valence-electron chi connectivity index (χ1n) is 38.7. The number of nitrogens with one attached hydrogen (secondary N) is 5. The number of fused-ring (bicyclic) bond motifs is 5. The molecule has 3 aromatic rings. The summed E-state index contributed by atoms with van der Waals surface area (Å²) in [7, 11) is 2.85. The highest BCUT2D eigenvalue weighted by Gasteiger charge is 2.59. The molecule has 0 spiro atoms. The van der Waals surface area contributed by atoms with E-state index in [0.29, 0.717) is 53.3 Å². The normalized spacial score (nSPS) is 23.9. The summed E-state index contributed by atoms with van der Waals surface area (Å²) in [4.78, 5) is 75.3. The predicted octanol–water partition coefficient (Wildman–Crippen LogP) is 9.33. The number of aromatic hydroxyl groups is 2. The molecular formula is C80H124N12O9. The average molecular weight is 1400 g/mol. The Morgan fingerprint density at radius 1 is 0.614 bits per heavy atom. The number of amides is 3. The van der Waals surface area contributed by atoms with Crippen LogP contribution in [0.25, 0.3) is 12.2 Å². The Balaban J connectivity index is 0.541. The Morgan fingerprint density at radius 3 is 1.68 bits per heavy atom. The molecule has 2 aliphatic heterocycles. The minimum absolute atomic E-state index is 0.0399. The number of aromatic nitrogens is 3. The molecule has 3 amide bonds. The lowest BCUT2D eigenvalue weighted by Gasteiger charge is -2.58. The van der Waals surface area contributed by atoms with Gasteiger partial charge in [-0.05, 0) is 204 Å². The maximum Gasteiger partial charge on any atom is 0.221 e. The van der Waals surface area contributed by atoms with Gasteiger partial charge in [0.15, 0.2) is 34.6 Å². The lowest BCUT2D eigenvalue weighted by atomic mass is 9.47. The lowest BCUT2D eigenvalue weighted by molar-refractivity contribution is -0.127. The maximum absolute atomic E-state index is 13.6. The van der Waals surface area contributed by atoms with Crippen LogP contribution in [0.2, 0.25) is 0 Å². The molecule has 4 aliphatic carbocycles. The Morgan fingerprint density at radius 2 is 1.15 bits per heavy atom. The Kier molecular flexibility index (Phi) is 30.7. The third-order valence-electron chi connectivity index (χ3n) is 23.8. The molecule has 2 aromatic carbocycles. The first-order valence-corrected chi connectivity index (χ1v) is 38.7. The van der Waals surface area contributed by atoms with Crippen LogP contribution in [0, 0.1) is 52.3 Å². The summed E-state index contributed by atoms with van der Waals surface area (Å²) in [5, 5.41) is 45.1. The van der Waals surface area contributed by atoms with Crippen LogP contribution in [-0.4, -0.2) is 212 Å². The van der Waals surface area contributed by atoms with Crippen LogP contribution in [-0.2, 0) is 36.9 Å². The number of nitrogens with zero attached hydrogens (tertiary/aromatic N) is 7. The number of carbonyl (C=O) groups is 5. The fraction of sp³-hybridized carbons (Fsp3) is 0.688. The number of allylic oxidation sites excluding steroid dienone is 3. The van der Waals surface area contributed by atoms with Crippen molar-refractivity contribution >= 4 is 41.4 Å². The SMILES string of the molecule is COc1cc(/C=C/C(=O)C(Cc2cn(CCC(=O)NCCCN3CCN(CCCNC(=O)CCC(=O)NCCCN4CCN(CCCNCCN[C@H]5CC[C@@]6(C)C(=CC[C@H]7[C@@H]8CC[C@H]([C@H](C)CCCC(C)C)[C@@]8(C)CC[C@@H]76)C5)CC4)CC3)nn2)C(=O)/C=C/c2ccc(O)c(OC)c2)ccc1O. The second-order valence-corrected chi connectivity index (χ2v) is 31.1. The highest BCUT2D eigenvalue weighted by Crippen LogP contribution is 2.67. The van der Waals surface area contributed by atoms with Crippen molar-refractivity contribution in [2.45, 2.75) is 169 Å². The number of phenols is 2. The van der Waals surface area contributed by atoms with Crippen LogP contribution in [0.5, 0.6) is 23.0 Å². The molecule has 0 bridgehead atoms. The molecule has 8 atom stereocenters. The number of carbonyl (C=O) groups excluding carboxylic acids is 5. The van der Waals surface area contributed by atoms with Gasteiger partial charge in [-0.2, -0.15) is 0 Å². The van der Waals surface area contributed by atoms with Gasteiger partial charge in [-0.1, -0.05) is 95.0 Å². The molecule has 5 fully saturated rings. The summed E-state index contributed by atoms with van der Waals surface area (Å²) in [6.07, 6.45) is 29.7. The first kappa shape index (κ1) is 78.6. The molecule has 21 heteroatoms. The van der Waals surface area contributed by atoms with E-state index >= 15 is 0 Å². The summed E-state index contributed by atoms with van der Waals surface area (Å²) in [5.74, 6) is 3.39. The number of piperazine rings is 2. The smallest absolute Gasteiger partial charge is 0.221 e. The van der Waals surface area contributed by atoms with E-state index in [4.69, 9.17) is 9.47 Å². The fourth-order valence-electron chi connectivity index (χ4n) is 17.8. The van der Waals surface area contributed by atoms with Crippen molar-refractivity contribution in [3.63, 3.8) is 0 Å². The van der Waals surface area contributed by atoms with E-state index in [9.17, 15) is 34.2 Å². The van der Waals surface area contributed by atoms with Gasteiger partial charge in [0.05, 0.1) is 32.4 Å². The summed E-state index contributed by atoms with van der Waals surface area (Å²) < 4.78 is 11.9. The fourth-order valence-corrected chi connectivity index (χ4v) is 17.8. The average Bonchev–Trinajstić information content (AvgIpc) is 1.69. The quantitative estimate of drug-likeness (QED) is 0.0121. The monoisotopic (exact) mass is 1400 g/mol. The van der Waals surface area contributed by atoms with Gasteiger partial charge in [-0.25, -0.2) is 0 Å². The van der Waals surface area contributed by atoms with Crippen molar-refractivity contribution in [2.24, 2.45) is 52.3 Å². The van der Waals surface area contributed by atoms with E-state index in [2.05, 4.69) is 97.2 Å². The maximum atomic E-state index is 13.6. The summed E-state index contributed by atoms with van der Waals surface area (Å²) >= 11 is 0. The van der Waals surface area contributed by atoms with E-state index in [-0.39, 0.29) is 72.9 Å². The zero-order valence-corrected chi connectivity index (χ0v) is 62.3. The molecule has 3 heterocycles. The number of ether oxygens (including phenoxy) is 2. The highest BCUT2D eigenvalue weighted by atomic mass is 16.5. The second kappa shape index (κ2) is 39.4. The van der Waals surface area contributed by atoms with Crippen molar-refractivity contribution < 1.29 is 43.7 Å². The lowest BCUT2D eigenvalue weighted by Crippen LogP contribution is -2.52. The molecular weight excluding hydrogens is 1270 g/mol. The zero-order chi connectivity index (χ0) is 71.7. The summed E-state index contributed by atoms with van der Waals surface area (Å²) in [6, 6.07) is 9.90. The molecule has 6 aliphatic rings. The number of hydrogen-bond acceptors (Lipinski definition) is 17.